The van der Waals surface area contributed by atoms with Crippen LogP contribution in [0.4, 0.5) is 5.69 Å². The fourth-order valence-electron chi connectivity index (χ4n) is 1.46. The Morgan fingerprint density at radius 2 is 1.79 bits per heavy atom. The monoisotopic (exact) mass is 256 g/mol. The third-order valence-corrected chi connectivity index (χ3v) is 2.47. The topological polar surface area (TPSA) is 81.9 Å². The third-order valence-electron chi connectivity index (χ3n) is 2.47. The Hall–Kier alpha value is -2.82. The van der Waals surface area contributed by atoms with E-state index >= 15 is 0 Å². The predicted octanol–water partition coefficient (Wildman–Crippen LogP) is 2.54. The first-order chi connectivity index (χ1) is 9.16. The molecule has 2 aromatic carbocycles. The number of hydrogen-bond donors (Lipinski definition) is 3. The number of anilines is 1. The largest absolute Gasteiger partial charge is 0.507 e. The van der Waals surface area contributed by atoms with Gasteiger partial charge in [-0.1, -0.05) is 12.1 Å². The van der Waals surface area contributed by atoms with Crippen LogP contribution in [0.3, 0.4) is 0 Å². The van der Waals surface area contributed by atoms with Gasteiger partial charge < -0.3 is 10.2 Å². The maximum Gasteiger partial charge on any atom is 0.335 e. The lowest BCUT2D eigenvalue weighted by Crippen LogP contribution is -1.96. The summed E-state index contributed by atoms with van der Waals surface area (Å²) < 4.78 is 0. The van der Waals surface area contributed by atoms with Crippen LogP contribution in [0.25, 0.3) is 0 Å². The Balaban J connectivity index is 2.03. The van der Waals surface area contributed by atoms with Crippen LogP contribution in [0.1, 0.15) is 15.9 Å². The van der Waals surface area contributed by atoms with Crippen LogP contribution in [0.5, 0.6) is 5.75 Å². The van der Waals surface area contributed by atoms with Crippen LogP contribution >= 0.6 is 0 Å². The van der Waals surface area contributed by atoms with Crippen LogP contribution in [-0.4, -0.2) is 22.4 Å². The van der Waals surface area contributed by atoms with Crippen molar-refractivity contribution in [3.8, 4) is 5.75 Å². The Morgan fingerprint density at radius 3 is 2.42 bits per heavy atom. The number of phenols is 1. The molecule has 0 fully saturated rings. The van der Waals surface area contributed by atoms with Crippen molar-refractivity contribution in [3.63, 3.8) is 0 Å². The van der Waals surface area contributed by atoms with E-state index in [0.717, 1.165) is 0 Å². The van der Waals surface area contributed by atoms with Gasteiger partial charge in [0, 0.05) is 5.56 Å². The second-order valence-electron chi connectivity index (χ2n) is 3.81. The van der Waals surface area contributed by atoms with E-state index in [4.69, 9.17) is 5.11 Å². The number of para-hydroxylation sites is 1. The van der Waals surface area contributed by atoms with Crippen molar-refractivity contribution < 1.29 is 15.0 Å². The van der Waals surface area contributed by atoms with E-state index in [9.17, 15) is 9.90 Å². The standard InChI is InChI=1S/C14H12N2O3/c17-13-4-2-1-3-11(13)9-15-16-12-7-5-10(6-8-12)14(18)19/h1-9,16-17H,(H,18,19)/b15-9+. The lowest BCUT2D eigenvalue weighted by molar-refractivity contribution is 0.0697. The average molecular weight is 256 g/mol. The van der Waals surface area contributed by atoms with E-state index in [1.54, 1.807) is 36.4 Å². The van der Waals surface area contributed by atoms with E-state index in [1.165, 1.54) is 18.3 Å². The number of carbonyl (C=O) groups is 1. The van der Waals surface area contributed by atoms with Gasteiger partial charge in [-0.2, -0.15) is 5.10 Å². The Bertz CT molecular complexity index is 606. The summed E-state index contributed by atoms with van der Waals surface area (Å²) in [7, 11) is 0. The Morgan fingerprint density at radius 1 is 1.11 bits per heavy atom. The second-order valence-corrected chi connectivity index (χ2v) is 3.81. The molecule has 0 atom stereocenters. The molecule has 0 amide bonds. The van der Waals surface area contributed by atoms with Crippen LogP contribution in [0.2, 0.25) is 0 Å². The highest BCUT2D eigenvalue weighted by molar-refractivity contribution is 5.88. The van der Waals surface area contributed by atoms with Crippen LogP contribution in [-0.2, 0) is 0 Å². The fraction of sp³-hybridized carbons (Fsp3) is 0. The normalized spacial score (nSPS) is 10.5. The first-order valence-corrected chi connectivity index (χ1v) is 5.57. The van der Waals surface area contributed by atoms with Gasteiger partial charge in [0.25, 0.3) is 0 Å². The number of aromatic hydroxyl groups is 1. The molecular formula is C14H12N2O3. The molecule has 0 aliphatic carbocycles. The van der Waals surface area contributed by atoms with Gasteiger partial charge in [-0.3, -0.25) is 5.43 Å². The maximum atomic E-state index is 10.7. The molecule has 5 heteroatoms. The maximum absolute atomic E-state index is 10.7. The van der Waals surface area contributed by atoms with Gasteiger partial charge in [-0.15, -0.1) is 0 Å². The van der Waals surface area contributed by atoms with Crippen LogP contribution < -0.4 is 5.43 Å². The number of carboxylic acid groups (broad SMARTS) is 1. The number of carboxylic acids is 1. The van der Waals surface area contributed by atoms with Gasteiger partial charge in [0.2, 0.25) is 0 Å². The summed E-state index contributed by atoms with van der Waals surface area (Å²) in [5, 5.41) is 22.2. The Kier molecular flexibility index (Phi) is 3.78. The zero-order valence-corrected chi connectivity index (χ0v) is 9.95. The minimum Gasteiger partial charge on any atom is -0.507 e. The molecule has 0 heterocycles. The number of aromatic carboxylic acids is 1. The fourth-order valence-corrected chi connectivity index (χ4v) is 1.46. The molecule has 0 bridgehead atoms. The molecule has 0 aromatic heterocycles. The SMILES string of the molecule is O=C(O)c1ccc(N/N=C/c2ccccc2O)cc1. The first kappa shape index (κ1) is 12.6. The Labute approximate surface area is 109 Å². The molecule has 0 spiro atoms. The van der Waals surface area contributed by atoms with Crippen LogP contribution in [0, 0.1) is 0 Å². The summed E-state index contributed by atoms with van der Waals surface area (Å²) in [6.45, 7) is 0. The number of nitrogens with one attached hydrogen (secondary N) is 1. The summed E-state index contributed by atoms with van der Waals surface area (Å²) in [4.78, 5) is 10.7. The minimum absolute atomic E-state index is 0.147. The number of rotatable bonds is 4. The number of benzene rings is 2. The van der Waals surface area contributed by atoms with E-state index < -0.39 is 5.97 Å². The highest BCUT2D eigenvalue weighted by atomic mass is 16.4. The van der Waals surface area contributed by atoms with Crippen molar-refractivity contribution >= 4 is 17.9 Å². The summed E-state index contributed by atoms with van der Waals surface area (Å²) in [5.74, 6) is -0.821. The van der Waals surface area contributed by atoms with Crippen molar-refractivity contribution in [1.29, 1.82) is 0 Å². The lowest BCUT2D eigenvalue weighted by Gasteiger charge is -2.01. The molecular weight excluding hydrogens is 244 g/mol. The summed E-state index contributed by atoms with van der Waals surface area (Å²) in [6.07, 6.45) is 1.49. The van der Waals surface area contributed by atoms with Gasteiger partial charge >= 0.3 is 5.97 Å². The second kappa shape index (κ2) is 5.68. The van der Waals surface area contributed by atoms with Crippen LogP contribution in [0.15, 0.2) is 53.6 Å². The molecule has 3 N–H and O–H groups in total. The smallest absolute Gasteiger partial charge is 0.335 e. The number of hydrogen-bond acceptors (Lipinski definition) is 4. The van der Waals surface area contributed by atoms with E-state index in [0.29, 0.717) is 11.3 Å². The number of hydrazone groups is 1. The summed E-state index contributed by atoms with van der Waals surface area (Å²) in [6, 6.07) is 13.0. The molecule has 2 aromatic rings. The third kappa shape index (κ3) is 3.32. The van der Waals surface area contributed by atoms with Crippen molar-refractivity contribution in [3.05, 3.63) is 59.7 Å². The molecule has 5 nitrogen and oxygen atoms in total. The van der Waals surface area contributed by atoms with Gasteiger partial charge in [0.05, 0.1) is 17.5 Å². The molecule has 2 rings (SSSR count). The molecule has 0 unspecified atom stereocenters. The van der Waals surface area contributed by atoms with Gasteiger partial charge in [0.1, 0.15) is 5.75 Å². The van der Waals surface area contributed by atoms with Crippen molar-refractivity contribution in [2.45, 2.75) is 0 Å². The quantitative estimate of drug-likeness (QED) is 0.580. The van der Waals surface area contributed by atoms with Crippen molar-refractivity contribution in [1.82, 2.24) is 0 Å². The van der Waals surface area contributed by atoms with E-state index in [-0.39, 0.29) is 11.3 Å². The lowest BCUT2D eigenvalue weighted by atomic mass is 10.2. The number of nitrogens with zero attached hydrogens (tertiary/aromatic N) is 1. The summed E-state index contributed by atoms with van der Waals surface area (Å²) in [5.41, 5.74) is 4.23. The van der Waals surface area contributed by atoms with Crippen molar-refractivity contribution in [2.24, 2.45) is 5.10 Å². The molecule has 0 aliphatic heterocycles. The average Bonchev–Trinajstić information content (AvgIpc) is 2.41. The van der Waals surface area contributed by atoms with Crippen molar-refractivity contribution in [2.75, 3.05) is 5.43 Å². The first-order valence-electron chi connectivity index (χ1n) is 5.57. The molecule has 0 saturated carbocycles. The predicted molar refractivity (Wildman–Crippen MR) is 72.7 cm³/mol. The van der Waals surface area contributed by atoms with Gasteiger partial charge in [-0.25, -0.2) is 4.79 Å². The zero-order chi connectivity index (χ0) is 13.7. The molecule has 0 aliphatic rings. The molecule has 0 radical (unpaired) electrons. The van der Waals surface area contributed by atoms with Gasteiger partial charge in [-0.05, 0) is 36.4 Å². The molecule has 19 heavy (non-hydrogen) atoms. The molecule has 96 valence electrons. The zero-order valence-electron chi connectivity index (χ0n) is 9.95. The summed E-state index contributed by atoms with van der Waals surface area (Å²) >= 11 is 0. The molecule has 0 saturated heterocycles. The van der Waals surface area contributed by atoms with Gasteiger partial charge in [0.15, 0.2) is 0 Å². The highest BCUT2D eigenvalue weighted by Crippen LogP contribution is 2.13. The van der Waals surface area contributed by atoms with E-state index in [1.807, 2.05) is 0 Å². The minimum atomic E-state index is -0.968. The highest BCUT2D eigenvalue weighted by Gasteiger charge is 2.00. The van der Waals surface area contributed by atoms with E-state index in [2.05, 4.69) is 10.5 Å². The number of phenolic OH excluding ortho intramolecular Hbond substituents is 1.